The van der Waals surface area contributed by atoms with E-state index in [-0.39, 0.29) is 12.3 Å². The van der Waals surface area contributed by atoms with Gasteiger partial charge < -0.3 is 4.57 Å². The maximum atomic E-state index is 12.8. The summed E-state index contributed by atoms with van der Waals surface area (Å²) >= 11 is 0. The van der Waals surface area contributed by atoms with Crippen molar-refractivity contribution >= 4 is 26.8 Å². The third-order valence-corrected chi connectivity index (χ3v) is 5.88. The van der Waals surface area contributed by atoms with Gasteiger partial charge >= 0.3 is 0 Å². The number of hydrogen-bond donors (Lipinski definition) is 0. The van der Waals surface area contributed by atoms with E-state index in [1.165, 1.54) is 0 Å². The Bertz CT molecular complexity index is 808. The number of sulfonamides is 1. The van der Waals surface area contributed by atoms with Crippen LogP contribution >= 0.6 is 0 Å². The van der Waals surface area contributed by atoms with Gasteiger partial charge in [0, 0.05) is 24.0 Å². The number of nitrogens with zero attached hydrogens (tertiary/aromatic N) is 2. The van der Waals surface area contributed by atoms with E-state index in [4.69, 9.17) is 0 Å². The topological polar surface area (TPSA) is 59.4 Å². The molecule has 0 unspecified atom stereocenters. The molecule has 1 aliphatic heterocycles. The highest BCUT2D eigenvalue weighted by atomic mass is 32.2. The molecule has 1 aliphatic rings. The van der Waals surface area contributed by atoms with Gasteiger partial charge in [0.2, 0.25) is 10.0 Å². The molecule has 0 N–H and O–H groups in total. The lowest BCUT2D eigenvalue weighted by molar-refractivity contribution is 0.0846. The van der Waals surface area contributed by atoms with Gasteiger partial charge in [-0.3, -0.25) is 4.79 Å². The lowest BCUT2D eigenvalue weighted by Gasteiger charge is -2.26. The van der Waals surface area contributed by atoms with E-state index in [2.05, 4.69) is 0 Å². The van der Waals surface area contributed by atoms with E-state index in [0.717, 1.165) is 28.0 Å². The van der Waals surface area contributed by atoms with Gasteiger partial charge in [-0.2, -0.15) is 0 Å². The fraction of sp³-hybridized carbons (Fsp3) is 0.438. The molecule has 1 amide bonds. The molecule has 1 aromatic carbocycles. The molecular weight excluding hydrogens is 300 g/mol. The van der Waals surface area contributed by atoms with Gasteiger partial charge in [0.15, 0.2) is 0 Å². The number of amides is 1. The van der Waals surface area contributed by atoms with Crippen LogP contribution < -0.4 is 0 Å². The predicted octanol–water partition coefficient (Wildman–Crippen LogP) is 2.62. The average Bonchev–Trinajstić information content (AvgIpc) is 2.86. The summed E-state index contributed by atoms with van der Waals surface area (Å²) in [5.41, 5.74) is 1.44. The fourth-order valence-electron chi connectivity index (χ4n) is 3.00. The van der Waals surface area contributed by atoms with Crippen LogP contribution in [0.15, 0.2) is 30.3 Å². The molecule has 6 heteroatoms. The molecule has 0 saturated carbocycles. The van der Waals surface area contributed by atoms with Gasteiger partial charge in [-0.15, -0.1) is 0 Å². The molecule has 1 fully saturated rings. The van der Waals surface area contributed by atoms with Crippen molar-refractivity contribution in [2.45, 2.75) is 32.7 Å². The Labute approximate surface area is 130 Å². The van der Waals surface area contributed by atoms with Crippen LogP contribution in [0, 0.1) is 0 Å². The zero-order chi connectivity index (χ0) is 15.7. The average molecular weight is 320 g/mol. The van der Waals surface area contributed by atoms with Crippen LogP contribution in [0.3, 0.4) is 0 Å². The summed E-state index contributed by atoms with van der Waals surface area (Å²) in [7, 11) is -3.47. The highest BCUT2D eigenvalue weighted by Gasteiger charge is 2.32. The van der Waals surface area contributed by atoms with Gasteiger partial charge in [0.25, 0.3) is 5.91 Å². The van der Waals surface area contributed by atoms with E-state index in [1.807, 2.05) is 35.8 Å². The van der Waals surface area contributed by atoms with Crippen molar-refractivity contribution in [1.82, 2.24) is 8.87 Å². The second-order valence-corrected chi connectivity index (χ2v) is 7.65. The standard InChI is InChI=1S/C16H20N2O3S/c1-2-9-17-14-8-4-3-7-13(14)12-15(17)16(19)18-10-5-6-11-22(18,20)21/h3-4,7-8,12H,2,5-6,9-11H2,1H3. The molecule has 0 radical (unpaired) electrons. The Balaban J connectivity index is 2.09. The number of aromatic nitrogens is 1. The van der Waals surface area contributed by atoms with E-state index in [9.17, 15) is 13.2 Å². The summed E-state index contributed by atoms with van der Waals surface area (Å²) in [5.74, 6) is -0.337. The molecule has 0 aliphatic carbocycles. The molecule has 3 rings (SSSR count). The molecule has 0 bridgehead atoms. The Hall–Kier alpha value is -1.82. The van der Waals surface area contributed by atoms with Crippen molar-refractivity contribution in [3.05, 3.63) is 36.0 Å². The number of benzene rings is 1. The Morgan fingerprint density at radius 1 is 1.23 bits per heavy atom. The first-order valence-electron chi connectivity index (χ1n) is 7.67. The lowest BCUT2D eigenvalue weighted by Crippen LogP contribution is -2.42. The Morgan fingerprint density at radius 2 is 2.00 bits per heavy atom. The Morgan fingerprint density at radius 3 is 2.73 bits per heavy atom. The number of carbonyl (C=O) groups excluding carboxylic acids is 1. The molecule has 0 spiro atoms. The van der Waals surface area contributed by atoms with Crippen molar-refractivity contribution in [3.8, 4) is 0 Å². The molecule has 0 atom stereocenters. The normalized spacial score (nSPS) is 17.8. The van der Waals surface area contributed by atoms with Crippen molar-refractivity contribution in [2.24, 2.45) is 0 Å². The first-order valence-corrected chi connectivity index (χ1v) is 9.28. The molecule has 22 heavy (non-hydrogen) atoms. The zero-order valence-corrected chi connectivity index (χ0v) is 13.5. The summed E-state index contributed by atoms with van der Waals surface area (Å²) in [6, 6.07) is 9.57. The van der Waals surface area contributed by atoms with E-state index >= 15 is 0 Å². The summed E-state index contributed by atoms with van der Waals surface area (Å²) in [4.78, 5) is 12.8. The number of hydrogen-bond acceptors (Lipinski definition) is 3. The van der Waals surface area contributed by atoms with Crippen LogP contribution in [0.5, 0.6) is 0 Å². The minimum absolute atomic E-state index is 0.0622. The van der Waals surface area contributed by atoms with E-state index < -0.39 is 15.9 Å². The van der Waals surface area contributed by atoms with Crippen LogP contribution in [0.4, 0.5) is 0 Å². The largest absolute Gasteiger partial charge is 0.336 e. The monoisotopic (exact) mass is 320 g/mol. The molecule has 118 valence electrons. The van der Waals surface area contributed by atoms with Gasteiger partial charge in [-0.05, 0) is 31.4 Å². The van der Waals surface area contributed by atoms with Gasteiger partial charge in [0.1, 0.15) is 5.69 Å². The first kappa shape index (κ1) is 15.1. The van der Waals surface area contributed by atoms with Crippen LogP contribution in [-0.2, 0) is 16.6 Å². The van der Waals surface area contributed by atoms with Crippen LogP contribution in [-0.4, -0.2) is 35.5 Å². The molecular formula is C16H20N2O3S. The molecule has 5 nitrogen and oxygen atoms in total. The van der Waals surface area contributed by atoms with Crippen LogP contribution in [0.25, 0.3) is 10.9 Å². The van der Waals surface area contributed by atoms with Crippen LogP contribution in [0.1, 0.15) is 36.7 Å². The number of carbonyl (C=O) groups is 1. The zero-order valence-electron chi connectivity index (χ0n) is 12.7. The van der Waals surface area contributed by atoms with Crippen molar-refractivity contribution in [1.29, 1.82) is 0 Å². The quantitative estimate of drug-likeness (QED) is 0.873. The summed E-state index contributed by atoms with van der Waals surface area (Å²) in [6.45, 7) is 3.03. The Kier molecular flexibility index (Phi) is 3.95. The smallest absolute Gasteiger partial charge is 0.283 e. The number of fused-ring (bicyclic) bond motifs is 1. The third kappa shape index (κ3) is 2.52. The maximum absolute atomic E-state index is 12.8. The molecule has 2 aromatic rings. The minimum Gasteiger partial charge on any atom is -0.336 e. The molecule has 1 aromatic heterocycles. The van der Waals surface area contributed by atoms with E-state index in [0.29, 0.717) is 18.7 Å². The van der Waals surface area contributed by atoms with Crippen molar-refractivity contribution in [2.75, 3.05) is 12.3 Å². The minimum atomic E-state index is -3.47. The van der Waals surface area contributed by atoms with Gasteiger partial charge in [-0.25, -0.2) is 12.7 Å². The first-order chi connectivity index (χ1) is 10.5. The van der Waals surface area contributed by atoms with Crippen LogP contribution in [0.2, 0.25) is 0 Å². The van der Waals surface area contributed by atoms with Crippen molar-refractivity contribution < 1.29 is 13.2 Å². The van der Waals surface area contributed by atoms with Gasteiger partial charge in [0.05, 0.1) is 5.75 Å². The fourth-order valence-corrected chi connectivity index (χ4v) is 4.54. The van der Waals surface area contributed by atoms with Crippen molar-refractivity contribution in [3.63, 3.8) is 0 Å². The SMILES string of the molecule is CCCn1c(C(=O)N2CCCCS2(=O)=O)cc2ccccc21. The summed E-state index contributed by atoms with van der Waals surface area (Å²) < 4.78 is 27.3. The maximum Gasteiger partial charge on any atom is 0.283 e. The molecule has 2 heterocycles. The predicted molar refractivity (Wildman–Crippen MR) is 86.3 cm³/mol. The molecule has 1 saturated heterocycles. The lowest BCUT2D eigenvalue weighted by atomic mass is 10.2. The highest BCUT2D eigenvalue weighted by Crippen LogP contribution is 2.24. The van der Waals surface area contributed by atoms with E-state index in [1.54, 1.807) is 6.07 Å². The summed E-state index contributed by atoms with van der Waals surface area (Å²) in [6.07, 6.45) is 2.24. The number of aryl methyl sites for hydroxylation is 1. The summed E-state index contributed by atoms with van der Waals surface area (Å²) in [5, 5.41) is 0.966. The second-order valence-electron chi connectivity index (χ2n) is 5.64. The number of para-hydroxylation sites is 1. The second kappa shape index (κ2) is 5.76. The number of rotatable bonds is 3. The highest BCUT2D eigenvalue weighted by molar-refractivity contribution is 7.89. The third-order valence-electron chi connectivity index (χ3n) is 4.05. The van der Waals surface area contributed by atoms with Gasteiger partial charge in [-0.1, -0.05) is 25.1 Å².